The molecule has 1 aliphatic heterocycles. The highest BCUT2D eigenvalue weighted by Gasteiger charge is 2.24. The summed E-state index contributed by atoms with van der Waals surface area (Å²) in [6, 6.07) is 6.26. The number of aryl methyl sites for hydroxylation is 1. The van der Waals surface area contributed by atoms with Crippen molar-refractivity contribution in [2.75, 3.05) is 54.1 Å². The van der Waals surface area contributed by atoms with Crippen molar-refractivity contribution in [1.29, 1.82) is 0 Å². The van der Waals surface area contributed by atoms with Gasteiger partial charge in [0.2, 0.25) is 0 Å². The number of methoxy groups -OCH3 is 2. The van der Waals surface area contributed by atoms with E-state index in [1.807, 2.05) is 12.3 Å². The van der Waals surface area contributed by atoms with Crippen molar-refractivity contribution in [2.45, 2.75) is 25.9 Å². The van der Waals surface area contributed by atoms with E-state index < -0.39 is 0 Å². The molecule has 0 amide bonds. The maximum absolute atomic E-state index is 5.56. The van der Waals surface area contributed by atoms with Gasteiger partial charge in [-0.05, 0) is 24.1 Å². The normalized spacial score (nSPS) is 15.6. The largest absolute Gasteiger partial charge is 0.493 e. The van der Waals surface area contributed by atoms with Crippen molar-refractivity contribution >= 4 is 41.3 Å². The third-order valence-electron chi connectivity index (χ3n) is 5.32. The summed E-state index contributed by atoms with van der Waals surface area (Å²) in [6.07, 6.45) is 2.96. The van der Waals surface area contributed by atoms with Crippen LogP contribution in [0.15, 0.2) is 29.4 Å². The maximum Gasteiger partial charge on any atom is 0.191 e. The first-order chi connectivity index (χ1) is 15.2. The molecule has 178 valence electrons. The van der Waals surface area contributed by atoms with Crippen LogP contribution in [-0.2, 0) is 17.7 Å². The molecular weight excluding hydrogens is 541 g/mol. The summed E-state index contributed by atoms with van der Waals surface area (Å²) in [4.78, 5) is 12.6. The number of rotatable bonds is 9. The number of hydrogen-bond donors (Lipinski definition) is 2. The van der Waals surface area contributed by atoms with E-state index in [9.17, 15) is 0 Å². The molecule has 0 saturated carbocycles. The molecule has 0 aliphatic carbocycles. The fourth-order valence-electron chi connectivity index (χ4n) is 3.57. The van der Waals surface area contributed by atoms with Crippen molar-refractivity contribution < 1.29 is 14.2 Å². The summed E-state index contributed by atoms with van der Waals surface area (Å²) < 4.78 is 16.5. The number of thiazole rings is 1. The number of hydrogen-bond acceptors (Lipinski definition) is 7. The Labute approximate surface area is 211 Å². The first-order valence-electron chi connectivity index (χ1n) is 10.6. The molecule has 1 saturated heterocycles. The van der Waals surface area contributed by atoms with Crippen LogP contribution in [0.2, 0.25) is 0 Å². The summed E-state index contributed by atoms with van der Waals surface area (Å²) in [6.45, 7) is 6.74. The van der Waals surface area contributed by atoms with Crippen LogP contribution in [0.3, 0.4) is 0 Å². The lowest BCUT2D eigenvalue weighted by Gasteiger charge is -2.35. The van der Waals surface area contributed by atoms with Crippen molar-refractivity contribution in [3.63, 3.8) is 0 Å². The van der Waals surface area contributed by atoms with E-state index in [0.29, 0.717) is 13.1 Å². The number of aromatic nitrogens is 1. The molecule has 1 fully saturated rings. The number of nitrogens with one attached hydrogen (secondary N) is 2. The van der Waals surface area contributed by atoms with Crippen LogP contribution >= 0.6 is 35.3 Å². The lowest BCUT2D eigenvalue weighted by molar-refractivity contribution is 0.0169. The van der Waals surface area contributed by atoms with E-state index in [0.717, 1.165) is 60.8 Å². The fourth-order valence-corrected chi connectivity index (χ4v) is 4.38. The average Bonchev–Trinajstić information content (AvgIpc) is 3.29. The zero-order chi connectivity index (χ0) is 22.1. The smallest absolute Gasteiger partial charge is 0.191 e. The number of ether oxygens (including phenoxy) is 3. The zero-order valence-electron chi connectivity index (χ0n) is 19.2. The number of halogens is 1. The lowest BCUT2D eigenvalue weighted by atomic mass is 10.0. The highest BCUT2D eigenvalue weighted by molar-refractivity contribution is 14.0. The van der Waals surface area contributed by atoms with E-state index in [1.54, 1.807) is 32.6 Å². The number of aliphatic imine (C=N–C) groups is 1. The summed E-state index contributed by atoms with van der Waals surface area (Å²) in [5.41, 5.74) is 1.16. The van der Waals surface area contributed by atoms with Crippen molar-refractivity contribution in [1.82, 2.24) is 20.5 Å². The minimum Gasteiger partial charge on any atom is -0.493 e. The van der Waals surface area contributed by atoms with Gasteiger partial charge in [-0.15, -0.1) is 35.3 Å². The third-order valence-corrected chi connectivity index (χ3v) is 6.46. The molecule has 32 heavy (non-hydrogen) atoms. The van der Waals surface area contributed by atoms with Gasteiger partial charge >= 0.3 is 0 Å². The molecule has 1 atom stereocenters. The summed E-state index contributed by atoms with van der Waals surface area (Å²) in [7, 11) is 5.10. The Balaban J connectivity index is 0.00000363. The van der Waals surface area contributed by atoms with Crippen molar-refractivity contribution in [3.8, 4) is 11.5 Å². The topological polar surface area (TPSA) is 80.2 Å². The van der Waals surface area contributed by atoms with Gasteiger partial charge in [0.1, 0.15) is 5.01 Å². The maximum atomic E-state index is 5.56. The first kappa shape index (κ1) is 26.6. The van der Waals surface area contributed by atoms with Gasteiger partial charge in [-0.1, -0.05) is 13.0 Å². The summed E-state index contributed by atoms with van der Waals surface area (Å²) in [5, 5.41) is 7.92. The third kappa shape index (κ3) is 7.19. The monoisotopic (exact) mass is 575 g/mol. The van der Waals surface area contributed by atoms with Crippen LogP contribution in [0.5, 0.6) is 11.5 Å². The Bertz CT molecular complexity index is 858. The van der Waals surface area contributed by atoms with Crippen molar-refractivity contribution in [2.24, 2.45) is 4.99 Å². The van der Waals surface area contributed by atoms with Gasteiger partial charge in [0.25, 0.3) is 0 Å². The number of benzene rings is 1. The summed E-state index contributed by atoms with van der Waals surface area (Å²) in [5.74, 6) is 2.22. The standard InChI is InChI=1S/C22H33N5O3S.HI/c1-5-17-13-24-21(31-17)15-26-22(23-2)25-14-18(27-8-10-30-11-9-27)16-6-7-19(28-3)20(12-16)29-4;/h6-7,12-13,18H,5,8-11,14-15H2,1-4H3,(H2,23,25,26);1H. The van der Waals surface area contributed by atoms with E-state index >= 15 is 0 Å². The molecular formula is C22H34IN5O3S. The SMILES string of the molecule is CCc1cnc(CNC(=NC)NCC(c2ccc(OC)c(OC)c2)N2CCOCC2)s1.I. The predicted molar refractivity (Wildman–Crippen MR) is 140 cm³/mol. The Morgan fingerprint density at radius 3 is 2.59 bits per heavy atom. The lowest BCUT2D eigenvalue weighted by Crippen LogP contribution is -2.46. The highest BCUT2D eigenvalue weighted by Crippen LogP contribution is 2.32. The molecule has 2 aromatic rings. The Morgan fingerprint density at radius 1 is 1.22 bits per heavy atom. The van der Waals surface area contributed by atoms with Crippen LogP contribution in [0.25, 0.3) is 0 Å². The molecule has 1 unspecified atom stereocenters. The first-order valence-corrected chi connectivity index (χ1v) is 11.4. The molecule has 2 N–H and O–H groups in total. The van der Waals surface area contributed by atoms with E-state index in [2.05, 4.69) is 44.6 Å². The molecule has 3 rings (SSSR count). The predicted octanol–water partition coefficient (Wildman–Crippen LogP) is 3.08. The molecule has 0 spiro atoms. The van der Waals surface area contributed by atoms with Crippen LogP contribution in [0, 0.1) is 0 Å². The van der Waals surface area contributed by atoms with Gasteiger partial charge in [-0.25, -0.2) is 4.98 Å². The Kier molecular flexibility index (Phi) is 11.5. The molecule has 2 heterocycles. The van der Waals surface area contributed by atoms with Gasteiger partial charge < -0.3 is 24.8 Å². The van der Waals surface area contributed by atoms with E-state index in [-0.39, 0.29) is 30.0 Å². The van der Waals surface area contributed by atoms with E-state index in [1.165, 1.54) is 4.88 Å². The number of nitrogens with zero attached hydrogens (tertiary/aromatic N) is 3. The zero-order valence-corrected chi connectivity index (χ0v) is 22.4. The minimum atomic E-state index is 0. The molecule has 0 radical (unpaired) electrons. The van der Waals surface area contributed by atoms with E-state index in [4.69, 9.17) is 14.2 Å². The Hall–Kier alpha value is -1.63. The highest BCUT2D eigenvalue weighted by atomic mass is 127. The second kappa shape index (κ2) is 13.8. The van der Waals surface area contributed by atoms with Crippen LogP contribution in [0.4, 0.5) is 0 Å². The molecule has 1 aromatic heterocycles. The second-order valence-corrected chi connectivity index (χ2v) is 8.36. The quantitative estimate of drug-likeness (QED) is 0.270. The van der Waals surface area contributed by atoms with Crippen LogP contribution < -0.4 is 20.1 Å². The molecule has 0 bridgehead atoms. The number of guanidine groups is 1. The van der Waals surface area contributed by atoms with Gasteiger partial charge in [-0.2, -0.15) is 0 Å². The van der Waals surface area contributed by atoms with Crippen molar-refractivity contribution in [3.05, 3.63) is 39.8 Å². The molecule has 1 aromatic carbocycles. The van der Waals surface area contributed by atoms with Gasteiger partial charge in [-0.3, -0.25) is 9.89 Å². The van der Waals surface area contributed by atoms with Crippen LogP contribution in [0.1, 0.15) is 28.4 Å². The fraction of sp³-hybridized carbons (Fsp3) is 0.545. The van der Waals surface area contributed by atoms with Gasteiger partial charge in [0, 0.05) is 37.8 Å². The Morgan fingerprint density at radius 2 is 1.97 bits per heavy atom. The number of morpholine rings is 1. The van der Waals surface area contributed by atoms with Gasteiger partial charge in [0.15, 0.2) is 17.5 Å². The van der Waals surface area contributed by atoms with Crippen LogP contribution in [-0.4, -0.2) is 70.0 Å². The molecule has 8 nitrogen and oxygen atoms in total. The summed E-state index contributed by atoms with van der Waals surface area (Å²) >= 11 is 1.73. The average molecular weight is 576 g/mol. The minimum absolute atomic E-state index is 0. The molecule has 1 aliphatic rings. The second-order valence-electron chi connectivity index (χ2n) is 7.16. The van der Waals surface area contributed by atoms with Gasteiger partial charge in [0.05, 0.1) is 40.0 Å². The molecule has 10 heteroatoms.